The maximum Gasteiger partial charge on any atom is 0.260 e. The summed E-state index contributed by atoms with van der Waals surface area (Å²) in [6.45, 7) is 4.83. The fraction of sp³-hybridized carbons (Fsp3) is 0.407. The number of amides is 1. The Kier molecular flexibility index (Phi) is 8.42. The van der Waals surface area contributed by atoms with Crippen LogP contribution in [0.15, 0.2) is 42.5 Å². The number of fused-ring (bicyclic) bond motifs is 1. The van der Waals surface area contributed by atoms with Gasteiger partial charge in [0.1, 0.15) is 11.9 Å². The van der Waals surface area contributed by atoms with Gasteiger partial charge in [0.25, 0.3) is 12.3 Å². The van der Waals surface area contributed by atoms with Gasteiger partial charge in [-0.15, -0.1) is 12.4 Å². The number of nitrogens with one attached hydrogen (secondary N) is 2. The molecule has 5 rings (SSSR count). The predicted octanol–water partition coefficient (Wildman–Crippen LogP) is 4.71. The SMILES string of the molecule is COc1ccc(C2CC(C(F)F)n3nc(-c4ccc(C(=O)N5CCNCC5)cc4C)cc3N2)cc1OC.Cl. The third kappa shape index (κ3) is 5.28. The van der Waals surface area contributed by atoms with Gasteiger partial charge in [0, 0.05) is 43.4 Å². The van der Waals surface area contributed by atoms with Crippen LogP contribution in [-0.2, 0) is 0 Å². The van der Waals surface area contributed by atoms with Crippen molar-refractivity contribution in [2.45, 2.75) is 31.9 Å². The van der Waals surface area contributed by atoms with E-state index in [2.05, 4.69) is 15.7 Å². The normalized spacial score (nSPS) is 18.8. The van der Waals surface area contributed by atoms with Crippen molar-refractivity contribution in [1.29, 1.82) is 0 Å². The number of carbonyl (C=O) groups excluding carboxylic acids is 1. The van der Waals surface area contributed by atoms with Crippen molar-refractivity contribution >= 4 is 24.1 Å². The molecule has 2 unspecified atom stereocenters. The minimum absolute atomic E-state index is 0. The highest BCUT2D eigenvalue weighted by Crippen LogP contribution is 2.41. The first-order chi connectivity index (χ1) is 17.9. The van der Waals surface area contributed by atoms with Crippen LogP contribution in [0.1, 0.15) is 40.0 Å². The first-order valence-electron chi connectivity index (χ1n) is 12.4. The van der Waals surface area contributed by atoms with Gasteiger partial charge in [-0.25, -0.2) is 13.5 Å². The molecule has 204 valence electrons. The number of methoxy groups -OCH3 is 2. The fourth-order valence-corrected chi connectivity index (χ4v) is 5.10. The highest BCUT2D eigenvalue weighted by molar-refractivity contribution is 5.95. The topological polar surface area (TPSA) is 80.7 Å². The fourth-order valence-electron chi connectivity index (χ4n) is 5.10. The number of piperazine rings is 1. The number of hydrogen-bond donors (Lipinski definition) is 2. The molecule has 3 aromatic rings. The molecule has 38 heavy (non-hydrogen) atoms. The average molecular weight is 548 g/mol. The summed E-state index contributed by atoms with van der Waals surface area (Å²) in [5.74, 6) is 1.64. The van der Waals surface area contributed by atoms with E-state index in [4.69, 9.17) is 9.47 Å². The molecule has 0 radical (unpaired) electrons. The lowest BCUT2D eigenvalue weighted by Crippen LogP contribution is -2.46. The molecule has 11 heteroatoms. The Morgan fingerprint density at radius 1 is 1.05 bits per heavy atom. The van der Waals surface area contributed by atoms with Crippen LogP contribution < -0.4 is 20.1 Å². The second-order valence-electron chi connectivity index (χ2n) is 9.38. The molecule has 1 aromatic heterocycles. The van der Waals surface area contributed by atoms with Crippen molar-refractivity contribution in [2.24, 2.45) is 0 Å². The van der Waals surface area contributed by atoms with Gasteiger partial charge in [0.05, 0.1) is 26.0 Å². The number of ether oxygens (including phenoxy) is 2. The quantitative estimate of drug-likeness (QED) is 0.465. The lowest BCUT2D eigenvalue weighted by molar-refractivity contribution is 0.0659. The Labute approximate surface area is 226 Å². The van der Waals surface area contributed by atoms with E-state index < -0.39 is 12.5 Å². The molecule has 1 amide bonds. The number of aryl methyl sites for hydroxylation is 1. The molecule has 1 saturated heterocycles. The Morgan fingerprint density at radius 3 is 2.45 bits per heavy atom. The summed E-state index contributed by atoms with van der Waals surface area (Å²) in [7, 11) is 3.10. The van der Waals surface area contributed by atoms with Crippen LogP contribution in [0.3, 0.4) is 0 Å². The van der Waals surface area contributed by atoms with Gasteiger partial charge in [-0.1, -0.05) is 12.1 Å². The summed E-state index contributed by atoms with van der Waals surface area (Å²) in [6, 6.07) is 11.3. The number of alkyl halides is 2. The average Bonchev–Trinajstić information content (AvgIpc) is 3.35. The summed E-state index contributed by atoms with van der Waals surface area (Å²) in [4.78, 5) is 14.7. The first kappa shape index (κ1) is 27.7. The van der Waals surface area contributed by atoms with Crippen molar-refractivity contribution in [3.8, 4) is 22.8 Å². The Morgan fingerprint density at radius 2 is 1.79 bits per heavy atom. The molecule has 2 atom stereocenters. The number of aromatic nitrogens is 2. The Bertz CT molecular complexity index is 1300. The van der Waals surface area contributed by atoms with Crippen molar-refractivity contribution in [3.63, 3.8) is 0 Å². The third-order valence-corrected chi connectivity index (χ3v) is 7.10. The second kappa shape index (κ2) is 11.6. The van der Waals surface area contributed by atoms with Crippen LogP contribution in [0.2, 0.25) is 0 Å². The summed E-state index contributed by atoms with van der Waals surface area (Å²) in [6.07, 6.45) is -2.42. The van der Waals surface area contributed by atoms with Gasteiger partial charge < -0.3 is 25.0 Å². The highest BCUT2D eigenvalue weighted by Gasteiger charge is 2.35. The van der Waals surface area contributed by atoms with E-state index in [1.54, 1.807) is 32.4 Å². The van der Waals surface area contributed by atoms with Crippen LogP contribution in [0.25, 0.3) is 11.3 Å². The largest absolute Gasteiger partial charge is 0.493 e. The molecule has 0 bridgehead atoms. The van der Waals surface area contributed by atoms with E-state index in [-0.39, 0.29) is 30.8 Å². The smallest absolute Gasteiger partial charge is 0.260 e. The van der Waals surface area contributed by atoms with E-state index in [9.17, 15) is 13.6 Å². The van der Waals surface area contributed by atoms with Crippen LogP contribution >= 0.6 is 12.4 Å². The van der Waals surface area contributed by atoms with Gasteiger partial charge in [-0.2, -0.15) is 5.10 Å². The first-order valence-corrected chi connectivity index (χ1v) is 12.4. The molecule has 2 N–H and O–H groups in total. The van der Waals surface area contributed by atoms with E-state index >= 15 is 0 Å². The van der Waals surface area contributed by atoms with Gasteiger partial charge in [0.15, 0.2) is 11.5 Å². The lowest BCUT2D eigenvalue weighted by Gasteiger charge is -2.32. The Hall–Kier alpha value is -3.37. The third-order valence-electron chi connectivity index (χ3n) is 7.10. The van der Waals surface area contributed by atoms with Crippen LogP contribution in [0.5, 0.6) is 11.5 Å². The van der Waals surface area contributed by atoms with Crippen molar-refractivity contribution in [1.82, 2.24) is 20.0 Å². The molecule has 0 saturated carbocycles. The molecular formula is C27H32ClF2N5O3. The number of benzene rings is 2. The van der Waals surface area contributed by atoms with Gasteiger partial charge >= 0.3 is 0 Å². The van der Waals surface area contributed by atoms with E-state index in [0.29, 0.717) is 41.7 Å². The molecule has 3 heterocycles. The van der Waals surface area contributed by atoms with Crippen LogP contribution in [0, 0.1) is 6.92 Å². The van der Waals surface area contributed by atoms with E-state index in [0.717, 1.165) is 29.8 Å². The number of rotatable bonds is 6. The molecule has 2 aliphatic rings. The number of anilines is 1. The molecule has 2 aromatic carbocycles. The zero-order valence-corrected chi connectivity index (χ0v) is 22.4. The van der Waals surface area contributed by atoms with E-state index in [1.165, 1.54) is 4.68 Å². The summed E-state index contributed by atoms with van der Waals surface area (Å²) >= 11 is 0. The summed E-state index contributed by atoms with van der Waals surface area (Å²) in [5.41, 5.74) is 3.69. The van der Waals surface area contributed by atoms with Crippen molar-refractivity contribution < 1.29 is 23.0 Å². The zero-order chi connectivity index (χ0) is 26.1. The van der Waals surface area contributed by atoms with Crippen molar-refractivity contribution in [2.75, 3.05) is 45.7 Å². The molecule has 2 aliphatic heterocycles. The minimum Gasteiger partial charge on any atom is -0.493 e. The van der Waals surface area contributed by atoms with Crippen LogP contribution in [0.4, 0.5) is 14.6 Å². The highest BCUT2D eigenvalue weighted by atomic mass is 35.5. The maximum absolute atomic E-state index is 14.2. The number of halogens is 3. The summed E-state index contributed by atoms with van der Waals surface area (Å²) in [5, 5.41) is 11.2. The lowest BCUT2D eigenvalue weighted by atomic mass is 9.97. The second-order valence-corrected chi connectivity index (χ2v) is 9.38. The molecule has 0 aliphatic carbocycles. The molecule has 1 fully saturated rings. The van der Waals surface area contributed by atoms with Gasteiger partial charge in [0.2, 0.25) is 0 Å². The van der Waals surface area contributed by atoms with Gasteiger partial charge in [-0.3, -0.25) is 4.79 Å². The summed E-state index contributed by atoms with van der Waals surface area (Å²) < 4.78 is 40.5. The van der Waals surface area contributed by atoms with E-state index in [1.807, 2.05) is 36.1 Å². The Balaban J connectivity index is 0.00000336. The minimum atomic E-state index is -2.59. The monoisotopic (exact) mass is 547 g/mol. The van der Waals surface area contributed by atoms with Crippen LogP contribution in [-0.4, -0.2) is 67.4 Å². The van der Waals surface area contributed by atoms with Crippen molar-refractivity contribution in [3.05, 3.63) is 59.2 Å². The number of hydrogen-bond acceptors (Lipinski definition) is 6. The number of carbonyl (C=O) groups is 1. The molecular weight excluding hydrogens is 516 g/mol. The van der Waals surface area contributed by atoms with Gasteiger partial charge in [-0.05, 0) is 48.7 Å². The predicted molar refractivity (Wildman–Crippen MR) is 144 cm³/mol. The standard InChI is InChI=1S/C27H31F2N5O3.ClH/c1-16-12-18(27(35)33-10-8-30-9-11-33)4-6-19(16)21-15-25-31-20(14-22(26(28)29)34(25)32-21)17-5-7-23(36-2)24(13-17)37-3;/h4-7,12-13,15,20,22,26,30-31H,8-11,14H2,1-3H3;1H. The molecule has 8 nitrogen and oxygen atoms in total. The zero-order valence-electron chi connectivity index (χ0n) is 21.5. The number of nitrogens with zero attached hydrogens (tertiary/aromatic N) is 3. The molecule has 0 spiro atoms. The maximum atomic E-state index is 14.2.